The van der Waals surface area contributed by atoms with Gasteiger partial charge in [-0.1, -0.05) is 27.7 Å². The monoisotopic (exact) mass is 404 g/mol. The van der Waals surface area contributed by atoms with E-state index in [2.05, 4.69) is 20.8 Å². The largest absolute Gasteiger partial charge is 0.444 e. The highest BCUT2D eigenvalue weighted by atomic mass is 16.7. The van der Waals surface area contributed by atoms with E-state index < -0.39 is 24.1 Å². The van der Waals surface area contributed by atoms with Crippen LogP contribution in [0.4, 0.5) is 4.79 Å². The van der Waals surface area contributed by atoms with Crippen molar-refractivity contribution < 1.29 is 24.1 Å². The zero-order chi connectivity index (χ0) is 22.2. The van der Waals surface area contributed by atoms with Gasteiger partial charge in [0.15, 0.2) is 6.29 Å². The van der Waals surface area contributed by atoms with Gasteiger partial charge in [-0.2, -0.15) is 0 Å². The molecule has 0 rings (SSSR count). The summed E-state index contributed by atoms with van der Waals surface area (Å²) in [5.74, 6) is 0. The van der Waals surface area contributed by atoms with E-state index in [4.69, 9.17) is 19.9 Å². The Morgan fingerprint density at radius 1 is 1.14 bits per heavy atom. The van der Waals surface area contributed by atoms with Gasteiger partial charge in [0.1, 0.15) is 6.61 Å². The maximum atomic E-state index is 12.6. The average molecular weight is 405 g/mol. The van der Waals surface area contributed by atoms with Gasteiger partial charge in [-0.3, -0.25) is 0 Å². The molecule has 0 spiro atoms. The number of carbonyl (C=O) groups excluding carboxylic acids is 1. The second-order valence-corrected chi connectivity index (χ2v) is 9.89. The van der Waals surface area contributed by atoms with Crippen molar-refractivity contribution in [3.63, 3.8) is 0 Å². The van der Waals surface area contributed by atoms with E-state index in [0.29, 0.717) is 19.4 Å². The number of hydrogen-bond acceptors (Lipinski definition) is 6. The lowest BCUT2D eigenvalue weighted by Gasteiger charge is -2.38. The predicted octanol–water partition coefficient (Wildman–Crippen LogP) is 3.53. The van der Waals surface area contributed by atoms with Crippen LogP contribution in [-0.4, -0.2) is 66.4 Å². The SMILES string of the molecule is CCC(C)(CCN)N(C)C(=O)OCC(OC(CO)CC(C)(C)C)OC(C)(C)C. The minimum Gasteiger partial charge on any atom is -0.444 e. The van der Waals surface area contributed by atoms with Crippen molar-refractivity contribution in [1.29, 1.82) is 0 Å². The van der Waals surface area contributed by atoms with E-state index >= 15 is 0 Å². The molecule has 0 aliphatic carbocycles. The van der Waals surface area contributed by atoms with Crippen LogP contribution in [0.25, 0.3) is 0 Å². The molecule has 0 aliphatic rings. The van der Waals surface area contributed by atoms with Crippen LogP contribution < -0.4 is 5.73 Å². The summed E-state index contributed by atoms with van der Waals surface area (Å²) >= 11 is 0. The molecule has 3 N–H and O–H groups in total. The van der Waals surface area contributed by atoms with E-state index in [-0.39, 0.29) is 24.2 Å². The Hall–Kier alpha value is -0.890. The molecule has 0 aromatic rings. The molecule has 3 atom stereocenters. The molecule has 0 saturated carbocycles. The summed E-state index contributed by atoms with van der Waals surface area (Å²) < 4.78 is 17.4. The fraction of sp³-hybridized carbons (Fsp3) is 0.952. The molecule has 3 unspecified atom stereocenters. The number of nitrogens with two attached hydrogens (primary N) is 1. The predicted molar refractivity (Wildman–Crippen MR) is 112 cm³/mol. The van der Waals surface area contributed by atoms with E-state index in [9.17, 15) is 9.90 Å². The standard InChI is InChI=1S/C21H44N2O5/c1-10-21(8,11-12-22)23(9)18(25)26-15-17(28-20(5,6)7)27-16(14-24)13-19(2,3)4/h16-17,24H,10-15,22H2,1-9H3. The highest BCUT2D eigenvalue weighted by Gasteiger charge is 2.32. The Kier molecular flexibility index (Phi) is 11.0. The first-order valence-electron chi connectivity index (χ1n) is 10.2. The van der Waals surface area contributed by atoms with Gasteiger partial charge in [0.25, 0.3) is 0 Å². The van der Waals surface area contributed by atoms with Crippen LogP contribution >= 0.6 is 0 Å². The second kappa shape index (κ2) is 11.3. The third-order valence-electron chi connectivity index (χ3n) is 4.74. The van der Waals surface area contributed by atoms with Crippen molar-refractivity contribution in [3.05, 3.63) is 0 Å². The van der Waals surface area contributed by atoms with Crippen molar-refractivity contribution >= 4 is 6.09 Å². The average Bonchev–Trinajstić information content (AvgIpc) is 2.55. The van der Waals surface area contributed by atoms with Crippen molar-refractivity contribution in [3.8, 4) is 0 Å². The summed E-state index contributed by atoms with van der Waals surface area (Å²) in [5.41, 5.74) is 4.83. The molecule has 7 nitrogen and oxygen atoms in total. The van der Waals surface area contributed by atoms with Gasteiger partial charge in [0.05, 0.1) is 18.3 Å². The molecule has 0 bridgehead atoms. The van der Waals surface area contributed by atoms with Gasteiger partial charge < -0.3 is 30.0 Å². The number of nitrogens with zero attached hydrogens (tertiary/aromatic N) is 1. The summed E-state index contributed by atoms with van der Waals surface area (Å²) in [6, 6.07) is 0. The molecule has 28 heavy (non-hydrogen) atoms. The normalized spacial score (nSPS) is 17.0. The van der Waals surface area contributed by atoms with Crippen molar-refractivity contribution in [2.75, 3.05) is 26.8 Å². The van der Waals surface area contributed by atoms with Crippen LogP contribution in [0.3, 0.4) is 0 Å². The maximum absolute atomic E-state index is 12.6. The third-order valence-corrected chi connectivity index (χ3v) is 4.74. The number of ether oxygens (including phenoxy) is 3. The van der Waals surface area contributed by atoms with Gasteiger partial charge in [0.2, 0.25) is 0 Å². The number of aliphatic hydroxyl groups is 1. The zero-order valence-electron chi connectivity index (χ0n) is 19.5. The Morgan fingerprint density at radius 3 is 2.11 bits per heavy atom. The molecule has 0 fully saturated rings. The highest BCUT2D eigenvalue weighted by molar-refractivity contribution is 5.68. The van der Waals surface area contributed by atoms with E-state index in [1.807, 2.05) is 34.6 Å². The fourth-order valence-corrected chi connectivity index (χ4v) is 2.90. The molecule has 1 amide bonds. The molecule has 168 valence electrons. The quantitative estimate of drug-likeness (QED) is 0.512. The summed E-state index contributed by atoms with van der Waals surface area (Å²) in [6.45, 7) is 16.3. The number of hydrogen-bond donors (Lipinski definition) is 2. The molecule has 0 heterocycles. The smallest absolute Gasteiger partial charge is 0.410 e. The van der Waals surface area contributed by atoms with Gasteiger partial charge in [-0.15, -0.1) is 0 Å². The Morgan fingerprint density at radius 2 is 1.71 bits per heavy atom. The number of aliphatic hydroxyl groups excluding tert-OH is 1. The van der Waals surface area contributed by atoms with E-state index in [1.165, 1.54) is 0 Å². The first kappa shape index (κ1) is 27.1. The summed E-state index contributed by atoms with van der Waals surface area (Å²) in [5, 5.41) is 9.69. The first-order valence-corrected chi connectivity index (χ1v) is 10.2. The maximum Gasteiger partial charge on any atom is 0.410 e. The Labute approximate surface area is 171 Å². The van der Waals surface area contributed by atoms with Gasteiger partial charge >= 0.3 is 6.09 Å². The molecule has 0 radical (unpaired) electrons. The number of rotatable bonds is 11. The van der Waals surface area contributed by atoms with Gasteiger partial charge in [0, 0.05) is 12.6 Å². The lowest BCUT2D eigenvalue weighted by atomic mass is 9.89. The minimum absolute atomic E-state index is 0.0122. The van der Waals surface area contributed by atoms with E-state index in [1.54, 1.807) is 11.9 Å². The first-order chi connectivity index (χ1) is 12.7. The minimum atomic E-state index is -0.765. The topological polar surface area (TPSA) is 94.3 Å². The number of carbonyl (C=O) groups is 1. The van der Waals surface area contributed by atoms with Gasteiger partial charge in [-0.25, -0.2) is 4.79 Å². The van der Waals surface area contributed by atoms with Crippen LogP contribution in [-0.2, 0) is 14.2 Å². The van der Waals surface area contributed by atoms with Gasteiger partial charge in [-0.05, 0) is 58.9 Å². The Bertz CT molecular complexity index is 459. The number of amides is 1. The fourth-order valence-electron chi connectivity index (χ4n) is 2.90. The van der Waals surface area contributed by atoms with Crippen molar-refractivity contribution in [2.24, 2.45) is 11.1 Å². The van der Waals surface area contributed by atoms with Crippen LogP contribution in [0.15, 0.2) is 0 Å². The lowest BCUT2D eigenvalue weighted by Crippen LogP contribution is -2.49. The molecular weight excluding hydrogens is 360 g/mol. The van der Waals surface area contributed by atoms with Crippen molar-refractivity contribution in [2.45, 2.75) is 98.2 Å². The molecule has 0 aliphatic heterocycles. The molecule has 0 aromatic carbocycles. The summed E-state index contributed by atoms with van der Waals surface area (Å²) in [4.78, 5) is 14.2. The summed E-state index contributed by atoms with van der Waals surface area (Å²) in [6.07, 6.45) is 0.505. The Balaban J connectivity index is 5.08. The highest BCUT2D eigenvalue weighted by Crippen LogP contribution is 2.25. The van der Waals surface area contributed by atoms with Crippen LogP contribution in [0.5, 0.6) is 0 Å². The third kappa shape index (κ3) is 10.6. The van der Waals surface area contributed by atoms with E-state index in [0.717, 1.165) is 6.42 Å². The summed E-state index contributed by atoms with van der Waals surface area (Å²) in [7, 11) is 1.72. The van der Waals surface area contributed by atoms with Crippen LogP contribution in [0.2, 0.25) is 0 Å². The molecule has 7 heteroatoms. The van der Waals surface area contributed by atoms with Crippen LogP contribution in [0.1, 0.15) is 74.7 Å². The molecule has 0 aromatic heterocycles. The molecule has 0 saturated heterocycles. The molecular formula is C21H44N2O5. The zero-order valence-corrected chi connectivity index (χ0v) is 19.5. The lowest BCUT2D eigenvalue weighted by molar-refractivity contribution is -0.237. The van der Waals surface area contributed by atoms with Crippen LogP contribution in [0, 0.1) is 5.41 Å². The van der Waals surface area contributed by atoms with Crippen molar-refractivity contribution in [1.82, 2.24) is 4.90 Å². The second-order valence-electron chi connectivity index (χ2n) is 9.89.